The summed E-state index contributed by atoms with van der Waals surface area (Å²) < 4.78 is 0. The van der Waals surface area contributed by atoms with Crippen molar-refractivity contribution in [3.63, 3.8) is 0 Å². The molecule has 0 aliphatic carbocycles. The standard InChI is InChI=1S/C17H14N2O2/c20-16(13-6-2-1-3-7-13)17(21)19-14-10-4-8-12-9-5-11-18-15(12)14/h1-11,16,20H,(H,19,21). The Morgan fingerprint density at radius 2 is 1.76 bits per heavy atom. The maximum atomic E-state index is 12.2. The molecule has 2 aromatic carbocycles. The van der Waals surface area contributed by atoms with E-state index in [-0.39, 0.29) is 0 Å². The van der Waals surface area contributed by atoms with E-state index in [1.165, 1.54) is 0 Å². The number of benzene rings is 2. The number of nitrogens with one attached hydrogen (secondary N) is 1. The number of aliphatic hydroxyl groups excluding tert-OH is 1. The smallest absolute Gasteiger partial charge is 0.257 e. The molecule has 3 rings (SSSR count). The second-order valence-electron chi connectivity index (χ2n) is 4.68. The summed E-state index contributed by atoms with van der Waals surface area (Å²) in [5.41, 5.74) is 1.85. The molecular weight excluding hydrogens is 264 g/mol. The molecule has 0 spiro atoms. The highest BCUT2D eigenvalue weighted by atomic mass is 16.3. The molecule has 0 bridgehead atoms. The van der Waals surface area contributed by atoms with E-state index in [0.717, 1.165) is 5.39 Å². The first-order chi connectivity index (χ1) is 10.3. The van der Waals surface area contributed by atoms with Crippen LogP contribution >= 0.6 is 0 Å². The van der Waals surface area contributed by atoms with E-state index in [1.807, 2.05) is 30.3 Å². The van der Waals surface area contributed by atoms with E-state index in [0.29, 0.717) is 16.8 Å². The summed E-state index contributed by atoms with van der Waals surface area (Å²) in [4.78, 5) is 16.4. The van der Waals surface area contributed by atoms with Gasteiger partial charge in [-0.05, 0) is 17.7 Å². The third kappa shape index (κ3) is 2.75. The van der Waals surface area contributed by atoms with Gasteiger partial charge in [-0.25, -0.2) is 0 Å². The molecule has 21 heavy (non-hydrogen) atoms. The van der Waals surface area contributed by atoms with Gasteiger partial charge in [0.25, 0.3) is 5.91 Å². The molecule has 4 heteroatoms. The van der Waals surface area contributed by atoms with Crippen molar-refractivity contribution in [3.05, 3.63) is 72.4 Å². The van der Waals surface area contributed by atoms with Crippen molar-refractivity contribution in [2.45, 2.75) is 6.10 Å². The molecule has 0 fully saturated rings. The van der Waals surface area contributed by atoms with Gasteiger partial charge in [0, 0.05) is 11.6 Å². The topological polar surface area (TPSA) is 62.2 Å². The zero-order valence-corrected chi connectivity index (χ0v) is 11.2. The van der Waals surface area contributed by atoms with Crippen molar-refractivity contribution in [1.29, 1.82) is 0 Å². The van der Waals surface area contributed by atoms with Crippen LogP contribution in [0.2, 0.25) is 0 Å². The molecule has 0 aliphatic rings. The van der Waals surface area contributed by atoms with Crippen molar-refractivity contribution in [2.24, 2.45) is 0 Å². The summed E-state index contributed by atoms with van der Waals surface area (Å²) in [6.45, 7) is 0. The third-order valence-corrected chi connectivity index (χ3v) is 3.25. The van der Waals surface area contributed by atoms with Crippen molar-refractivity contribution < 1.29 is 9.90 Å². The number of amides is 1. The summed E-state index contributed by atoms with van der Waals surface area (Å²) in [5, 5.41) is 13.8. The highest BCUT2D eigenvalue weighted by molar-refractivity contribution is 6.02. The Labute approximate surface area is 122 Å². The zero-order chi connectivity index (χ0) is 14.7. The molecule has 1 heterocycles. The van der Waals surface area contributed by atoms with Gasteiger partial charge in [-0.2, -0.15) is 0 Å². The molecule has 0 saturated carbocycles. The fourth-order valence-corrected chi connectivity index (χ4v) is 2.19. The van der Waals surface area contributed by atoms with Gasteiger partial charge in [0.1, 0.15) is 0 Å². The number of pyridine rings is 1. The minimum atomic E-state index is -1.20. The Kier molecular flexibility index (Phi) is 3.62. The van der Waals surface area contributed by atoms with Crippen LogP contribution in [0.5, 0.6) is 0 Å². The Bertz CT molecular complexity index is 767. The minimum absolute atomic E-state index is 0.473. The van der Waals surface area contributed by atoms with E-state index in [9.17, 15) is 9.90 Å². The molecule has 1 atom stereocenters. The molecule has 2 N–H and O–H groups in total. The van der Waals surface area contributed by atoms with Gasteiger partial charge < -0.3 is 10.4 Å². The molecule has 4 nitrogen and oxygen atoms in total. The molecule has 0 aliphatic heterocycles. The fourth-order valence-electron chi connectivity index (χ4n) is 2.19. The van der Waals surface area contributed by atoms with Crippen LogP contribution < -0.4 is 5.32 Å². The predicted octanol–water partition coefficient (Wildman–Crippen LogP) is 2.91. The van der Waals surface area contributed by atoms with Crippen LogP contribution in [-0.4, -0.2) is 16.0 Å². The van der Waals surface area contributed by atoms with E-state index in [1.54, 1.807) is 36.5 Å². The maximum absolute atomic E-state index is 12.2. The normalized spacial score (nSPS) is 12.0. The fraction of sp³-hybridized carbons (Fsp3) is 0.0588. The molecule has 3 aromatic rings. The van der Waals surface area contributed by atoms with Gasteiger partial charge in [0.2, 0.25) is 0 Å². The van der Waals surface area contributed by atoms with Gasteiger partial charge in [0.15, 0.2) is 6.10 Å². The van der Waals surface area contributed by atoms with Crippen LogP contribution in [0.3, 0.4) is 0 Å². The summed E-state index contributed by atoms with van der Waals surface area (Å²) in [7, 11) is 0. The summed E-state index contributed by atoms with van der Waals surface area (Å²) in [5.74, 6) is -0.473. The molecule has 1 aromatic heterocycles. The lowest BCUT2D eigenvalue weighted by molar-refractivity contribution is -0.124. The van der Waals surface area contributed by atoms with Crippen LogP contribution in [0.25, 0.3) is 10.9 Å². The van der Waals surface area contributed by atoms with Crippen molar-refractivity contribution in [1.82, 2.24) is 4.98 Å². The summed E-state index contributed by atoms with van der Waals surface area (Å²) >= 11 is 0. The molecule has 1 amide bonds. The van der Waals surface area contributed by atoms with Gasteiger partial charge in [-0.15, -0.1) is 0 Å². The lowest BCUT2D eigenvalue weighted by Crippen LogP contribution is -2.21. The van der Waals surface area contributed by atoms with E-state index in [4.69, 9.17) is 0 Å². The second-order valence-corrected chi connectivity index (χ2v) is 4.68. The monoisotopic (exact) mass is 278 g/mol. The Hall–Kier alpha value is -2.72. The SMILES string of the molecule is O=C(Nc1cccc2cccnc12)C(O)c1ccccc1. The van der Waals surface area contributed by atoms with Gasteiger partial charge in [-0.3, -0.25) is 9.78 Å². The van der Waals surface area contributed by atoms with Gasteiger partial charge in [-0.1, -0.05) is 48.5 Å². The predicted molar refractivity (Wildman–Crippen MR) is 81.8 cm³/mol. The largest absolute Gasteiger partial charge is 0.378 e. The van der Waals surface area contributed by atoms with E-state index < -0.39 is 12.0 Å². The number of hydrogen-bond acceptors (Lipinski definition) is 3. The Morgan fingerprint density at radius 1 is 1.00 bits per heavy atom. The molecule has 0 saturated heterocycles. The number of fused-ring (bicyclic) bond motifs is 1. The number of aromatic nitrogens is 1. The molecule has 104 valence electrons. The minimum Gasteiger partial charge on any atom is -0.378 e. The lowest BCUT2D eigenvalue weighted by atomic mass is 10.1. The Morgan fingerprint density at radius 3 is 2.57 bits per heavy atom. The number of anilines is 1. The molecule has 0 radical (unpaired) electrons. The Balaban J connectivity index is 1.87. The lowest BCUT2D eigenvalue weighted by Gasteiger charge is -2.12. The second kappa shape index (κ2) is 5.73. The zero-order valence-electron chi connectivity index (χ0n) is 11.2. The number of carbonyl (C=O) groups is 1. The number of nitrogens with zero attached hydrogens (tertiary/aromatic N) is 1. The van der Waals surface area contributed by atoms with Gasteiger partial charge >= 0.3 is 0 Å². The van der Waals surface area contributed by atoms with E-state index >= 15 is 0 Å². The van der Waals surface area contributed by atoms with Crippen molar-refractivity contribution in [3.8, 4) is 0 Å². The van der Waals surface area contributed by atoms with Gasteiger partial charge in [0.05, 0.1) is 11.2 Å². The average molecular weight is 278 g/mol. The summed E-state index contributed by atoms with van der Waals surface area (Å²) in [6.07, 6.45) is 0.469. The number of rotatable bonds is 3. The first kappa shape index (κ1) is 13.3. The first-order valence-electron chi connectivity index (χ1n) is 6.63. The van der Waals surface area contributed by atoms with Crippen molar-refractivity contribution in [2.75, 3.05) is 5.32 Å². The summed E-state index contributed by atoms with van der Waals surface area (Å²) in [6, 6.07) is 18.1. The van der Waals surface area contributed by atoms with Crippen LogP contribution in [-0.2, 0) is 4.79 Å². The van der Waals surface area contributed by atoms with Crippen LogP contribution in [0.1, 0.15) is 11.7 Å². The van der Waals surface area contributed by atoms with E-state index in [2.05, 4.69) is 10.3 Å². The van der Waals surface area contributed by atoms with Crippen LogP contribution in [0, 0.1) is 0 Å². The average Bonchev–Trinajstić information content (AvgIpc) is 2.55. The first-order valence-corrected chi connectivity index (χ1v) is 6.63. The highest BCUT2D eigenvalue weighted by Gasteiger charge is 2.17. The maximum Gasteiger partial charge on any atom is 0.257 e. The number of hydrogen-bond donors (Lipinski definition) is 2. The quantitative estimate of drug-likeness (QED) is 0.774. The molecular formula is C17H14N2O2. The number of aliphatic hydroxyl groups is 1. The molecule has 1 unspecified atom stereocenters. The van der Waals surface area contributed by atoms with Crippen molar-refractivity contribution >= 4 is 22.5 Å². The third-order valence-electron chi connectivity index (χ3n) is 3.25. The highest BCUT2D eigenvalue weighted by Crippen LogP contribution is 2.22. The number of para-hydroxylation sites is 1. The van der Waals surface area contributed by atoms with Crippen LogP contribution in [0.15, 0.2) is 66.9 Å². The van der Waals surface area contributed by atoms with Crippen LogP contribution in [0.4, 0.5) is 5.69 Å². The number of carbonyl (C=O) groups excluding carboxylic acids is 1.